The summed E-state index contributed by atoms with van der Waals surface area (Å²) in [5, 5.41) is 1.33. The highest BCUT2D eigenvalue weighted by molar-refractivity contribution is 8.00. The Kier molecular flexibility index (Phi) is 4.24. The van der Waals surface area contributed by atoms with Gasteiger partial charge in [-0.2, -0.15) is 8.42 Å². The van der Waals surface area contributed by atoms with Crippen LogP contribution in [0.1, 0.15) is 34.8 Å². The molecule has 2 aliphatic rings. The number of nitrogens with zero attached hydrogens (tertiary/aromatic N) is 1. The first kappa shape index (κ1) is 19.0. The number of fused-ring (bicyclic) bond motifs is 7. The van der Waals surface area contributed by atoms with Crippen LogP contribution in [0, 0.1) is 0 Å². The van der Waals surface area contributed by atoms with Crippen molar-refractivity contribution in [3.63, 3.8) is 0 Å². The highest BCUT2D eigenvalue weighted by atomic mass is 32.2. The van der Waals surface area contributed by atoms with Gasteiger partial charge in [0, 0.05) is 34.5 Å². The van der Waals surface area contributed by atoms with Crippen LogP contribution in [0.2, 0.25) is 0 Å². The standard InChI is InChI=1S/C25H21NO3S2/c1-2-26-19-14-8-6-12-17(19)22-21-18-13-7-9-15-20(18)29-31(27,28)24(21)23(30-25(22)26)16-10-4-3-5-11-16/h3-15,21,23-24H,2H2,1H3/t21-,23+,24-/m0/s1. The van der Waals surface area contributed by atoms with Gasteiger partial charge in [-0.1, -0.05) is 78.5 Å². The molecule has 0 N–H and O–H groups in total. The zero-order valence-corrected chi connectivity index (χ0v) is 18.6. The predicted molar refractivity (Wildman–Crippen MR) is 124 cm³/mol. The third kappa shape index (κ3) is 2.71. The van der Waals surface area contributed by atoms with E-state index in [1.807, 2.05) is 60.7 Å². The molecule has 2 aliphatic heterocycles. The number of benzene rings is 3. The van der Waals surface area contributed by atoms with Crippen LogP contribution in [0.3, 0.4) is 0 Å². The smallest absolute Gasteiger partial charge is 0.314 e. The zero-order valence-electron chi connectivity index (χ0n) is 16.9. The number of rotatable bonds is 2. The lowest BCUT2D eigenvalue weighted by Crippen LogP contribution is -2.42. The molecule has 3 aromatic carbocycles. The Balaban J connectivity index is 1.73. The molecule has 6 heteroatoms. The normalized spacial score (nSPS) is 23.5. The molecular formula is C25H21NO3S2. The molecule has 0 bridgehead atoms. The van der Waals surface area contributed by atoms with Crippen molar-refractivity contribution in [1.29, 1.82) is 0 Å². The Bertz CT molecular complexity index is 1410. The summed E-state index contributed by atoms with van der Waals surface area (Å²) < 4.78 is 35.1. The molecule has 1 aromatic heterocycles. The third-order valence-corrected chi connectivity index (χ3v) is 9.65. The van der Waals surface area contributed by atoms with E-state index >= 15 is 0 Å². The van der Waals surface area contributed by atoms with Gasteiger partial charge in [0.1, 0.15) is 11.0 Å². The molecule has 31 heavy (non-hydrogen) atoms. The highest BCUT2D eigenvalue weighted by Gasteiger charge is 2.53. The Hall–Kier alpha value is -2.70. The number of hydrogen-bond donors (Lipinski definition) is 0. The van der Waals surface area contributed by atoms with Gasteiger partial charge in [0.25, 0.3) is 0 Å². The summed E-state index contributed by atoms with van der Waals surface area (Å²) in [6, 6.07) is 25.9. The maximum Gasteiger partial charge on any atom is 0.314 e. The summed E-state index contributed by atoms with van der Waals surface area (Å²) >= 11 is 1.65. The van der Waals surface area contributed by atoms with E-state index in [4.69, 9.17) is 4.18 Å². The van der Waals surface area contributed by atoms with Crippen molar-refractivity contribution in [2.75, 3.05) is 0 Å². The highest BCUT2D eigenvalue weighted by Crippen LogP contribution is 2.59. The van der Waals surface area contributed by atoms with Gasteiger partial charge >= 0.3 is 10.1 Å². The molecule has 156 valence electrons. The number of thioether (sulfide) groups is 1. The SMILES string of the molecule is CCn1c2c(c3ccccc31)[C@@H]1c3ccccc3OS(=O)(=O)[C@@H]1[C@@H](c1ccccc1)S2. The predicted octanol–water partition coefficient (Wildman–Crippen LogP) is 5.73. The molecule has 3 heterocycles. The molecule has 4 nitrogen and oxygen atoms in total. The molecular weight excluding hydrogens is 426 g/mol. The van der Waals surface area contributed by atoms with Crippen LogP contribution in [-0.4, -0.2) is 18.2 Å². The lowest BCUT2D eigenvalue weighted by atomic mass is 9.84. The summed E-state index contributed by atoms with van der Waals surface area (Å²) in [6.45, 7) is 2.97. The third-order valence-electron chi connectivity index (χ3n) is 6.37. The zero-order chi connectivity index (χ0) is 21.2. The molecule has 0 saturated carbocycles. The maximum absolute atomic E-state index is 13.5. The quantitative estimate of drug-likeness (QED) is 0.368. The minimum atomic E-state index is -3.83. The fourth-order valence-corrected chi connectivity index (χ4v) is 8.83. The molecule has 0 amide bonds. The van der Waals surface area contributed by atoms with Crippen LogP contribution in [-0.2, 0) is 16.7 Å². The van der Waals surface area contributed by atoms with Gasteiger partial charge in [-0.15, -0.1) is 0 Å². The number of aryl methyl sites for hydroxylation is 1. The van der Waals surface area contributed by atoms with Crippen LogP contribution in [0.5, 0.6) is 5.75 Å². The molecule has 0 aliphatic carbocycles. The van der Waals surface area contributed by atoms with Gasteiger partial charge in [-0.25, -0.2) is 0 Å². The summed E-state index contributed by atoms with van der Waals surface area (Å²) in [5.74, 6) is 0.163. The average molecular weight is 448 g/mol. The van der Waals surface area contributed by atoms with Gasteiger partial charge in [0.15, 0.2) is 0 Å². The first-order valence-corrected chi connectivity index (χ1v) is 12.8. The van der Waals surface area contributed by atoms with E-state index in [9.17, 15) is 8.42 Å². The minimum absolute atomic E-state index is 0.258. The summed E-state index contributed by atoms with van der Waals surface area (Å²) in [7, 11) is -3.83. The van der Waals surface area contributed by atoms with E-state index in [1.54, 1.807) is 17.8 Å². The number of aromatic nitrogens is 1. The second-order valence-electron chi connectivity index (χ2n) is 7.99. The average Bonchev–Trinajstić information content (AvgIpc) is 3.12. The van der Waals surface area contributed by atoms with Crippen molar-refractivity contribution in [2.45, 2.75) is 34.9 Å². The molecule has 0 saturated heterocycles. The largest absolute Gasteiger partial charge is 0.382 e. The van der Waals surface area contributed by atoms with Crippen molar-refractivity contribution in [3.05, 3.63) is 95.6 Å². The van der Waals surface area contributed by atoms with Gasteiger partial charge in [-0.3, -0.25) is 0 Å². The van der Waals surface area contributed by atoms with Crippen molar-refractivity contribution >= 4 is 32.8 Å². The Morgan fingerprint density at radius 1 is 0.935 bits per heavy atom. The van der Waals surface area contributed by atoms with Gasteiger partial charge < -0.3 is 8.75 Å². The molecule has 0 unspecified atom stereocenters. The fraction of sp³-hybridized carbons (Fsp3) is 0.200. The number of para-hydroxylation sites is 2. The fourth-order valence-electron chi connectivity index (χ4n) is 5.12. The van der Waals surface area contributed by atoms with Crippen LogP contribution < -0.4 is 4.18 Å². The minimum Gasteiger partial charge on any atom is -0.382 e. The maximum atomic E-state index is 13.5. The second kappa shape index (κ2) is 6.90. The van der Waals surface area contributed by atoms with Crippen molar-refractivity contribution in [3.8, 4) is 5.75 Å². The Labute approximate surface area is 186 Å². The van der Waals surface area contributed by atoms with Crippen molar-refractivity contribution < 1.29 is 12.6 Å². The monoisotopic (exact) mass is 447 g/mol. The van der Waals surface area contributed by atoms with E-state index in [2.05, 4.69) is 23.6 Å². The van der Waals surface area contributed by atoms with Gasteiger partial charge in [-0.05, 0) is 24.6 Å². The summed E-state index contributed by atoms with van der Waals surface area (Å²) in [4.78, 5) is 0. The first-order valence-electron chi connectivity index (χ1n) is 10.4. The van der Waals surface area contributed by atoms with E-state index in [0.717, 1.165) is 39.2 Å². The number of hydrogen-bond acceptors (Lipinski definition) is 4. The molecule has 0 fully saturated rings. The molecule has 3 atom stereocenters. The topological polar surface area (TPSA) is 48.3 Å². The lowest BCUT2D eigenvalue weighted by molar-refractivity contribution is 0.433. The molecule has 6 rings (SSSR count). The van der Waals surface area contributed by atoms with Crippen LogP contribution in [0.25, 0.3) is 10.9 Å². The van der Waals surface area contributed by atoms with Crippen molar-refractivity contribution in [1.82, 2.24) is 4.57 Å². The van der Waals surface area contributed by atoms with Crippen LogP contribution >= 0.6 is 11.8 Å². The Morgan fingerprint density at radius 2 is 1.65 bits per heavy atom. The van der Waals surface area contributed by atoms with Crippen LogP contribution in [0.15, 0.2) is 83.9 Å². The van der Waals surface area contributed by atoms with E-state index in [1.165, 1.54) is 0 Å². The summed E-state index contributed by atoms with van der Waals surface area (Å²) in [6.07, 6.45) is 0. The molecule has 4 aromatic rings. The van der Waals surface area contributed by atoms with Crippen molar-refractivity contribution in [2.24, 2.45) is 0 Å². The van der Waals surface area contributed by atoms with Crippen LogP contribution in [0.4, 0.5) is 0 Å². The van der Waals surface area contributed by atoms with E-state index < -0.39 is 15.4 Å². The molecule has 0 spiro atoms. The lowest BCUT2D eigenvalue weighted by Gasteiger charge is -2.41. The first-order chi connectivity index (χ1) is 15.1. The van der Waals surface area contributed by atoms with E-state index in [-0.39, 0.29) is 11.2 Å². The summed E-state index contributed by atoms with van der Waals surface area (Å²) in [5.41, 5.74) is 4.21. The van der Waals surface area contributed by atoms with Gasteiger partial charge in [0.2, 0.25) is 0 Å². The Morgan fingerprint density at radius 3 is 2.45 bits per heavy atom. The molecule has 0 radical (unpaired) electrons. The second-order valence-corrected chi connectivity index (χ2v) is 10.8. The van der Waals surface area contributed by atoms with Gasteiger partial charge in [0.05, 0.1) is 10.3 Å². The van der Waals surface area contributed by atoms with E-state index in [0.29, 0.717) is 5.75 Å².